The topological polar surface area (TPSA) is 53.7 Å². The standard InChI is InChI=1S/C13H20ClNO3/c1-16-11-9(6-4-5-7-15)8-10(14)12(17-2)13(11)18-3/h8H,4-7,15H2,1-3H3. The minimum atomic E-state index is 0.499. The predicted octanol–water partition coefficient (Wildman–Crippen LogP) is 2.65. The molecule has 0 bridgehead atoms. The average Bonchev–Trinajstić information content (AvgIpc) is 2.38. The fourth-order valence-electron chi connectivity index (χ4n) is 1.89. The highest BCUT2D eigenvalue weighted by Crippen LogP contribution is 2.45. The summed E-state index contributed by atoms with van der Waals surface area (Å²) in [4.78, 5) is 0. The zero-order valence-corrected chi connectivity index (χ0v) is 11.8. The van der Waals surface area contributed by atoms with Gasteiger partial charge in [0.2, 0.25) is 5.75 Å². The molecule has 0 aliphatic heterocycles. The van der Waals surface area contributed by atoms with Crippen molar-refractivity contribution in [1.82, 2.24) is 0 Å². The van der Waals surface area contributed by atoms with Crippen molar-refractivity contribution >= 4 is 11.6 Å². The van der Waals surface area contributed by atoms with Crippen LogP contribution < -0.4 is 19.9 Å². The Morgan fingerprint density at radius 3 is 2.11 bits per heavy atom. The molecule has 0 saturated heterocycles. The van der Waals surface area contributed by atoms with Crippen LogP contribution in [0.4, 0.5) is 0 Å². The minimum Gasteiger partial charge on any atom is -0.492 e. The van der Waals surface area contributed by atoms with Crippen molar-refractivity contribution in [2.24, 2.45) is 5.73 Å². The molecule has 5 heteroatoms. The van der Waals surface area contributed by atoms with Crippen LogP contribution >= 0.6 is 11.6 Å². The van der Waals surface area contributed by atoms with Crippen molar-refractivity contribution in [3.63, 3.8) is 0 Å². The van der Waals surface area contributed by atoms with Gasteiger partial charge in [-0.2, -0.15) is 0 Å². The number of hydrogen-bond donors (Lipinski definition) is 1. The molecule has 4 nitrogen and oxygen atoms in total. The summed E-state index contributed by atoms with van der Waals surface area (Å²) in [6.45, 7) is 0.684. The van der Waals surface area contributed by atoms with E-state index in [0.29, 0.717) is 28.8 Å². The number of nitrogens with two attached hydrogens (primary N) is 1. The Kier molecular flexibility index (Phi) is 6.09. The van der Waals surface area contributed by atoms with Gasteiger partial charge in [-0.1, -0.05) is 11.6 Å². The van der Waals surface area contributed by atoms with E-state index in [1.165, 1.54) is 0 Å². The Bertz CT molecular complexity index is 396. The molecule has 0 saturated carbocycles. The molecule has 0 heterocycles. The summed E-state index contributed by atoms with van der Waals surface area (Å²) in [6, 6.07) is 1.86. The molecular weight excluding hydrogens is 254 g/mol. The highest BCUT2D eigenvalue weighted by Gasteiger charge is 2.19. The van der Waals surface area contributed by atoms with E-state index in [1.54, 1.807) is 21.3 Å². The second kappa shape index (κ2) is 7.34. The number of hydrogen-bond acceptors (Lipinski definition) is 4. The van der Waals surface area contributed by atoms with Crippen molar-refractivity contribution in [1.29, 1.82) is 0 Å². The van der Waals surface area contributed by atoms with Crippen molar-refractivity contribution in [2.45, 2.75) is 19.3 Å². The Morgan fingerprint density at radius 1 is 1.00 bits per heavy atom. The molecule has 0 amide bonds. The first-order chi connectivity index (χ1) is 8.69. The molecule has 0 aliphatic rings. The predicted molar refractivity (Wildman–Crippen MR) is 73.1 cm³/mol. The van der Waals surface area contributed by atoms with Crippen molar-refractivity contribution < 1.29 is 14.2 Å². The molecule has 0 spiro atoms. The van der Waals surface area contributed by atoms with E-state index in [9.17, 15) is 0 Å². The number of rotatable bonds is 7. The van der Waals surface area contributed by atoms with Gasteiger partial charge in [-0.05, 0) is 37.4 Å². The molecule has 0 aromatic heterocycles. The zero-order chi connectivity index (χ0) is 13.5. The van der Waals surface area contributed by atoms with Gasteiger partial charge in [-0.3, -0.25) is 0 Å². The van der Waals surface area contributed by atoms with E-state index in [2.05, 4.69) is 0 Å². The van der Waals surface area contributed by atoms with Crippen LogP contribution in [0.5, 0.6) is 17.2 Å². The average molecular weight is 274 g/mol. The van der Waals surface area contributed by atoms with Crippen LogP contribution in [0.1, 0.15) is 18.4 Å². The molecule has 2 N–H and O–H groups in total. The van der Waals surface area contributed by atoms with Crippen LogP contribution in [0.25, 0.3) is 0 Å². The third-order valence-corrected chi connectivity index (χ3v) is 3.02. The molecule has 0 unspecified atom stereocenters. The smallest absolute Gasteiger partial charge is 0.205 e. The lowest BCUT2D eigenvalue weighted by atomic mass is 10.1. The van der Waals surface area contributed by atoms with E-state index in [0.717, 1.165) is 24.8 Å². The summed E-state index contributed by atoms with van der Waals surface area (Å²) >= 11 is 6.17. The second-order valence-corrected chi connectivity index (χ2v) is 4.27. The quantitative estimate of drug-likeness (QED) is 0.776. The Morgan fingerprint density at radius 2 is 1.61 bits per heavy atom. The van der Waals surface area contributed by atoms with Gasteiger partial charge in [0, 0.05) is 0 Å². The van der Waals surface area contributed by atoms with E-state index < -0.39 is 0 Å². The lowest BCUT2D eigenvalue weighted by Gasteiger charge is -2.17. The number of aryl methyl sites for hydroxylation is 1. The van der Waals surface area contributed by atoms with Crippen LogP contribution in [0.2, 0.25) is 5.02 Å². The SMILES string of the molecule is COc1c(Cl)cc(CCCCN)c(OC)c1OC. The van der Waals surface area contributed by atoms with Gasteiger partial charge in [0.15, 0.2) is 11.5 Å². The second-order valence-electron chi connectivity index (χ2n) is 3.86. The third kappa shape index (κ3) is 3.21. The van der Waals surface area contributed by atoms with Gasteiger partial charge in [0.1, 0.15) is 0 Å². The summed E-state index contributed by atoms with van der Waals surface area (Å²) in [6.07, 6.45) is 2.80. The molecule has 1 aromatic rings. The number of benzene rings is 1. The van der Waals surface area contributed by atoms with Gasteiger partial charge >= 0.3 is 0 Å². The monoisotopic (exact) mass is 273 g/mol. The maximum Gasteiger partial charge on any atom is 0.205 e. The summed E-state index contributed by atoms with van der Waals surface area (Å²) in [7, 11) is 4.73. The molecule has 102 valence electrons. The van der Waals surface area contributed by atoms with Crippen LogP contribution in [0.15, 0.2) is 6.07 Å². The van der Waals surface area contributed by atoms with Gasteiger partial charge < -0.3 is 19.9 Å². The molecule has 18 heavy (non-hydrogen) atoms. The first-order valence-electron chi connectivity index (χ1n) is 5.87. The van der Waals surface area contributed by atoms with Crippen LogP contribution in [0, 0.1) is 0 Å². The molecule has 0 radical (unpaired) electrons. The number of methoxy groups -OCH3 is 3. The first kappa shape index (κ1) is 14.9. The molecule has 1 rings (SSSR count). The molecule has 0 fully saturated rings. The van der Waals surface area contributed by atoms with Gasteiger partial charge in [-0.15, -0.1) is 0 Å². The number of unbranched alkanes of at least 4 members (excludes halogenated alkanes) is 1. The number of halogens is 1. The van der Waals surface area contributed by atoms with Crippen LogP contribution in [0.3, 0.4) is 0 Å². The summed E-state index contributed by atoms with van der Waals surface area (Å²) < 4.78 is 16.0. The maximum atomic E-state index is 6.17. The van der Waals surface area contributed by atoms with E-state index in [4.69, 9.17) is 31.5 Å². The maximum absolute atomic E-state index is 6.17. The summed E-state index contributed by atoms with van der Waals surface area (Å²) in [5.41, 5.74) is 6.50. The minimum absolute atomic E-state index is 0.499. The largest absolute Gasteiger partial charge is 0.492 e. The highest BCUT2D eigenvalue weighted by atomic mass is 35.5. The third-order valence-electron chi connectivity index (χ3n) is 2.73. The molecule has 0 atom stereocenters. The summed E-state index contributed by atoms with van der Waals surface area (Å²) in [5, 5.41) is 0.526. The Hall–Kier alpha value is -1.13. The van der Waals surface area contributed by atoms with Gasteiger partial charge in [0.25, 0.3) is 0 Å². The molecular formula is C13H20ClNO3. The van der Waals surface area contributed by atoms with Crippen molar-refractivity contribution in [3.8, 4) is 17.2 Å². The first-order valence-corrected chi connectivity index (χ1v) is 6.24. The Labute approximate surface area is 113 Å². The fourth-order valence-corrected chi connectivity index (χ4v) is 2.18. The lowest BCUT2D eigenvalue weighted by Crippen LogP contribution is -2.02. The summed E-state index contributed by atoms with van der Waals surface area (Å²) in [5.74, 6) is 1.71. The Balaban J connectivity index is 3.13. The van der Waals surface area contributed by atoms with Gasteiger partial charge in [0.05, 0.1) is 26.4 Å². The number of ether oxygens (including phenoxy) is 3. The van der Waals surface area contributed by atoms with Crippen molar-refractivity contribution in [3.05, 3.63) is 16.7 Å². The molecule has 1 aromatic carbocycles. The van der Waals surface area contributed by atoms with Crippen molar-refractivity contribution in [2.75, 3.05) is 27.9 Å². The van der Waals surface area contributed by atoms with Crippen LogP contribution in [-0.4, -0.2) is 27.9 Å². The van der Waals surface area contributed by atoms with E-state index in [-0.39, 0.29) is 0 Å². The lowest BCUT2D eigenvalue weighted by molar-refractivity contribution is 0.322. The zero-order valence-electron chi connectivity index (χ0n) is 11.1. The van der Waals surface area contributed by atoms with Gasteiger partial charge in [-0.25, -0.2) is 0 Å². The fraction of sp³-hybridized carbons (Fsp3) is 0.538. The van der Waals surface area contributed by atoms with E-state index >= 15 is 0 Å². The van der Waals surface area contributed by atoms with Crippen LogP contribution in [-0.2, 0) is 6.42 Å². The highest BCUT2D eigenvalue weighted by molar-refractivity contribution is 6.32. The normalized spacial score (nSPS) is 10.3. The van der Waals surface area contributed by atoms with E-state index in [1.807, 2.05) is 6.07 Å². The molecule has 0 aliphatic carbocycles.